The molecule has 0 saturated heterocycles. The predicted molar refractivity (Wildman–Crippen MR) is 88.2 cm³/mol. The van der Waals surface area contributed by atoms with Crippen LogP contribution in [0.25, 0.3) is 11.0 Å². The maximum Gasteiger partial charge on any atom is 0.326 e. The zero-order valence-electron chi connectivity index (χ0n) is 13.2. The molecule has 1 aromatic carbocycles. The molecule has 1 aliphatic rings. The van der Waals surface area contributed by atoms with Crippen LogP contribution in [0.15, 0.2) is 29.1 Å². The first-order valence-electron chi connectivity index (χ1n) is 8.24. The van der Waals surface area contributed by atoms with E-state index in [-0.39, 0.29) is 18.0 Å². The summed E-state index contributed by atoms with van der Waals surface area (Å²) in [5.74, 6) is -0.151. The molecule has 1 aromatic heterocycles. The van der Waals surface area contributed by atoms with Gasteiger partial charge < -0.3 is 15.4 Å². The second-order valence-electron chi connectivity index (χ2n) is 6.41. The van der Waals surface area contributed by atoms with Gasteiger partial charge in [-0.05, 0) is 25.0 Å². The van der Waals surface area contributed by atoms with Crippen LogP contribution in [0.2, 0.25) is 0 Å². The van der Waals surface area contributed by atoms with Crippen molar-refractivity contribution in [2.45, 2.75) is 50.7 Å². The molecule has 1 saturated carbocycles. The van der Waals surface area contributed by atoms with E-state index in [0.717, 1.165) is 30.3 Å². The first kappa shape index (κ1) is 15.8. The predicted octanol–water partition coefficient (Wildman–Crippen LogP) is 1.53. The molecule has 0 atom stereocenters. The lowest BCUT2D eigenvalue weighted by Crippen LogP contribution is -2.39. The Kier molecular flexibility index (Phi) is 4.52. The van der Waals surface area contributed by atoms with Gasteiger partial charge in [0.2, 0.25) is 5.91 Å². The van der Waals surface area contributed by atoms with E-state index in [1.165, 1.54) is 0 Å². The Morgan fingerprint density at radius 3 is 2.78 bits per heavy atom. The molecule has 3 rings (SSSR count). The van der Waals surface area contributed by atoms with Gasteiger partial charge >= 0.3 is 5.69 Å². The summed E-state index contributed by atoms with van der Waals surface area (Å²) >= 11 is 0. The number of nitrogens with zero attached hydrogens (tertiary/aromatic N) is 1. The van der Waals surface area contributed by atoms with Crippen molar-refractivity contribution in [3.63, 3.8) is 0 Å². The highest BCUT2D eigenvalue weighted by molar-refractivity contribution is 5.77. The minimum Gasteiger partial charge on any atom is -0.389 e. The number of H-pyrrole nitrogens is 1. The van der Waals surface area contributed by atoms with E-state index in [4.69, 9.17) is 0 Å². The summed E-state index contributed by atoms with van der Waals surface area (Å²) in [6.07, 6.45) is 4.64. The molecule has 6 nitrogen and oxygen atoms in total. The van der Waals surface area contributed by atoms with Gasteiger partial charge in [-0.3, -0.25) is 9.36 Å². The number of hydrogen-bond acceptors (Lipinski definition) is 3. The van der Waals surface area contributed by atoms with Gasteiger partial charge in [-0.2, -0.15) is 0 Å². The highest BCUT2D eigenvalue weighted by Crippen LogP contribution is 2.30. The number of para-hydroxylation sites is 2. The smallest absolute Gasteiger partial charge is 0.326 e. The molecule has 6 heteroatoms. The number of amides is 1. The zero-order valence-corrected chi connectivity index (χ0v) is 13.2. The van der Waals surface area contributed by atoms with Crippen molar-refractivity contribution in [2.75, 3.05) is 6.54 Å². The second kappa shape index (κ2) is 6.58. The molecule has 3 N–H and O–H groups in total. The van der Waals surface area contributed by atoms with E-state index >= 15 is 0 Å². The van der Waals surface area contributed by atoms with Crippen molar-refractivity contribution in [3.8, 4) is 0 Å². The maximum absolute atomic E-state index is 12.0. The Morgan fingerprint density at radius 2 is 2.00 bits per heavy atom. The fraction of sp³-hybridized carbons (Fsp3) is 0.529. The van der Waals surface area contributed by atoms with Gasteiger partial charge in [-0.25, -0.2) is 4.79 Å². The van der Waals surface area contributed by atoms with Crippen LogP contribution >= 0.6 is 0 Å². The van der Waals surface area contributed by atoms with Gasteiger partial charge in [0.05, 0.1) is 23.1 Å². The van der Waals surface area contributed by atoms with Gasteiger partial charge in [-0.1, -0.05) is 31.4 Å². The molecule has 23 heavy (non-hydrogen) atoms. The van der Waals surface area contributed by atoms with Crippen LogP contribution < -0.4 is 11.0 Å². The van der Waals surface area contributed by atoms with Gasteiger partial charge in [0.1, 0.15) is 0 Å². The van der Waals surface area contributed by atoms with Crippen LogP contribution in [0, 0.1) is 0 Å². The lowest BCUT2D eigenvalue weighted by atomic mass is 9.82. The number of hydrogen-bond donors (Lipinski definition) is 3. The summed E-state index contributed by atoms with van der Waals surface area (Å²) < 4.78 is 1.62. The lowest BCUT2D eigenvalue weighted by molar-refractivity contribution is -0.127. The van der Waals surface area contributed by atoms with Crippen LogP contribution in [-0.2, 0) is 11.3 Å². The quantitative estimate of drug-likeness (QED) is 0.781. The highest BCUT2D eigenvalue weighted by Gasteiger charge is 2.31. The number of rotatable bonds is 5. The highest BCUT2D eigenvalue weighted by atomic mass is 16.3. The average Bonchev–Trinajstić information content (AvgIpc) is 2.83. The van der Waals surface area contributed by atoms with E-state index in [1.54, 1.807) is 4.57 Å². The normalized spacial score (nSPS) is 17.3. The van der Waals surface area contributed by atoms with Crippen molar-refractivity contribution in [1.29, 1.82) is 0 Å². The fourth-order valence-electron chi connectivity index (χ4n) is 3.38. The van der Waals surface area contributed by atoms with E-state index in [1.807, 2.05) is 24.3 Å². The number of aliphatic hydroxyl groups is 1. The third-order valence-electron chi connectivity index (χ3n) is 4.61. The molecule has 1 fully saturated rings. The zero-order chi connectivity index (χ0) is 16.3. The van der Waals surface area contributed by atoms with Crippen LogP contribution in [0.4, 0.5) is 0 Å². The van der Waals surface area contributed by atoms with Gasteiger partial charge in [0, 0.05) is 13.1 Å². The number of nitrogens with one attached hydrogen (secondary N) is 2. The molecule has 0 aliphatic heterocycles. The lowest BCUT2D eigenvalue weighted by Gasteiger charge is -2.31. The molecule has 0 radical (unpaired) electrons. The van der Waals surface area contributed by atoms with Gasteiger partial charge in [0.25, 0.3) is 0 Å². The van der Waals surface area contributed by atoms with Gasteiger partial charge in [0.15, 0.2) is 0 Å². The van der Waals surface area contributed by atoms with Crippen molar-refractivity contribution >= 4 is 16.9 Å². The molecule has 1 aliphatic carbocycles. The topological polar surface area (TPSA) is 87.1 Å². The molecule has 0 bridgehead atoms. The van der Waals surface area contributed by atoms with Gasteiger partial charge in [-0.15, -0.1) is 0 Å². The van der Waals surface area contributed by atoms with Crippen LogP contribution in [0.3, 0.4) is 0 Å². The largest absolute Gasteiger partial charge is 0.389 e. The third-order valence-corrected chi connectivity index (χ3v) is 4.61. The summed E-state index contributed by atoms with van der Waals surface area (Å²) in [5, 5.41) is 13.2. The maximum atomic E-state index is 12.0. The van der Waals surface area contributed by atoms with Crippen LogP contribution in [0.5, 0.6) is 0 Å². The third kappa shape index (κ3) is 3.64. The Bertz CT molecular complexity index is 741. The Hall–Kier alpha value is -2.08. The van der Waals surface area contributed by atoms with Crippen LogP contribution in [0.1, 0.15) is 38.5 Å². The average molecular weight is 317 g/mol. The van der Waals surface area contributed by atoms with Crippen molar-refractivity contribution in [3.05, 3.63) is 34.7 Å². The molecule has 124 valence electrons. The number of imidazole rings is 1. The van der Waals surface area contributed by atoms with E-state index in [9.17, 15) is 14.7 Å². The summed E-state index contributed by atoms with van der Waals surface area (Å²) in [4.78, 5) is 26.8. The molecular formula is C17H23N3O3. The van der Waals surface area contributed by atoms with E-state index in [0.29, 0.717) is 25.9 Å². The standard InChI is InChI=1S/C17H23N3O3/c21-15(12-17(23)8-4-1-5-9-17)18-10-11-20-14-7-3-2-6-13(14)19-16(20)22/h2-3,6-7,23H,1,4-5,8-12H2,(H,18,21)(H,19,22). The minimum atomic E-state index is -0.847. The number of aromatic amines is 1. The number of carbonyl (C=O) groups excluding carboxylic acids is 1. The molecule has 1 amide bonds. The fourth-order valence-corrected chi connectivity index (χ4v) is 3.38. The molecule has 2 aromatic rings. The van der Waals surface area contributed by atoms with Crippen molar-refractivity contribution < 1.29 is 9.90 Å². The second-order valence-corrected chi connectivity index (χ2v) is 6.41. The monoisotopic (exact) mass is 317 g/mol. The SMILES string of the molecule is O=C(CC1(O)CCCCC1)NCCn1c(=O)[nH]c2ccccc21. The summed E-state index contributed by atoms with van der Waals surface area (Å²) in [6.45, 7) is 0.781. The Labute approximate surface area is 134 Å². The molecule has 0 unspecified atom stereocenters. The first-order chi connectivity index (χ1) is 11.1. The molecule has 1 heterocycles. The molecular weight excluding hydrogens is 294 g/mol. The number of carbonyl (C=O) groups is 1. The van der Waals surface area contributed by atoms with Crippen LogP contribution in [-0.4, -0.2) is 32.7 Å². The summed E-state index contributed by atoms with van der Waals surface area (Å²) in [6, 6.07) is 7.47. The molecule has 0 spiro atoms. The first-order valence-corrected chi connectivity index (χ1v) is 8.24. The minimum absolute atomic E-state index is 0.149. The summed E-state index contributed by atoms with van der Waals surface area (Å²) in [7, 11) is 0. The number of aromatic nitrogens is 2. The number of fused-ring (bicyclic) bond motifs is 1. The summed E-state index contributed by atoms with van der Waals surface area (Å²) in [5.41, 5.74) is 0.601. The van der Waals surface area contributed by atoms with E-state index in [2.05, 4.69) is 10.3 Å². The Balaban J connectivity index is 1.55. The van der Waals surface area contributed by atoms with Crippen molar-refractivity contribution in [1.82, 2.24) is 14.9 Å². The van der Waals surface area contributed by atoms with E-state index < -0.39 is 5.60 Å². The van der Waals surface area contributed by atoms with Crippen molar-refractivity contribution in [2.24, 2.45) is 0 Å². The number of benzene rings is 1. The Morgan fingerprint density at radius 1 is 1.26 bits per heavy atom.